The van der Waals surface area contributed by atoms with Crippen LogP contribution in [0, 0.1) is 17.2 Å². The van der Waals surface area contributed by atoms with Crippen molar-refractivity contribution in [3.05, 3.63) is 51.9 Å². The standard InChI is InChI=1S/C24H30BrN7O/c1-17-4-3-5-21(17)32(23-20(25)15-27-22(14-26)28-23)29-24(33)19-8-6-18(7-9-19)16-31-12-10-30(2)11-13-31/h6-9,15,17,21H,3-5,10-13,16H2,1-2H3,(H,29,33)/t17?,21-/m1/s1. The minimum atomic E-state index is -0.190. The van der Waals surface area contributed by atoms with Gasteiger partial charge in [-0.2, -0.15) is 10.2 Å². The summed E-state index contributed by atoms with van der Waals surface area (Å²) in [5, 5.41) is 11.1. The Morgan fingerprint density at radius 3 is 2.61 bits per heavy atom. The van der Waals surface area contributed by atoms with Gasteiger partial charge in [0.2, 0.25) is 5.82 Å². The van der Waals surface area contributed by atoms with Gasteiger partial charge < -0.3 is 4.90 Å². The zero-order valence-corrected chi connectivity index (χ0v) is 20.8. The lowest BCUT2D eigenvalue weighted by Crippen LogP contribution is -2.50. The molecule has 2 atom stereocenters. The molecule has 1 aromatic heterocycles. The first-order valence-electron chi connectivity index (χ1n) is 11.5. The highest BCUT2D eigenvalue weighted by Crippen LogP contribution is 2.33. The highest BCUT2D eigenvalue weighted by molar-refractivity contribution is 9.10. The minimum Gasteiger partial charge on any atom is -0.304 e. The minimum absolute atomic E-state index is 0.0753. The summed E-state index contributed by atoms with van der Waals surface area (Å²) in [5.74, 6) is 0.791. The van der Waals surface area contributed by atoms with Crippen LogP contribution in [-0.2, 0) is 6.54 Å². The molecule has 9 heteroatoms. The molecule has 2 aliphatic rings. The molecular weight excluding hydrogens is 482 g/mol. The van der Waals surface area contributed by atoms with Crippen LogP contribution in [0.4, 0.5) is 5.82 Å². The van der Waals surface area contributed by atoms with Crippen molar-refractivity contribution < 1.29 is 4.79 Å². The average molecular weight is 512 g/mol. The summed E-state index contributed by atoms with van der Waals surface area (Å²) >= 11 is 3.50. The maximum absolute atomic E-state index is 13.2. The number of piperazine rings is 1. The number of nitriles is 1. The fourth-order valence-electron chi connectivity index (χ4n) is 4.58. The van der Waals surface area contributed by atoms with Gasteiger partial charge in [-0.15, -0.1) is 0 Å². The topological polar surface area (TPSA) is 88.4 Å². The summed E-state index contributed by atoms with van der Waals surface area (Å²) in [6.45, 7) is 7.37. The van der Waals surface area contributed by atoms with Crippen molar-refractivity contribution >= 4 is 27.7 Å². The summed E-state index contributed by atoms with van der Waals surface area (Å²) in [6, 6.07) is 9.92. The molecule has 1 N–H and O–H groups in total. The van der Waals surface area contributed by atoms with E-state index in [1.54, 1.807) is 6.20 Å². The smallest absolute Gasteiger partial charge is 0.269 e. The maximum Gasteiger partial charge on any atom is 0.269 e. The molecule has 1 saturated heterocycles. The van der Waals surface area contributed by atoms with Gasteiger partial charge in [-0.3, -0.25) is 20.1 Å². The summed E-state index contributed by atoms with van der Waals surface area (Å²) in [5.41, 5.74) is 4.87. The Morgan fingerprint density at radius 2 is 1.97 bits per heavy atom. The number of aromatic nitrogens is 2. The van der Waals surface area contributed by atoms with Gasteiger partial charge in [0.05, 0.1) is 10.5 Å². The van der Waals surface area contributed by atoms with E-state index < -0.39 is 0 Å². The van der Waals surface area contributed by atoms with Gasteiger partial charge >= 0.3 is 0 Å². The van der Waals surface area contributed by atoms with Crippen molar-refractivity contribution in [2.75, 3.05) is 38.2 Å². The van der Waals surface area contributed by atoms with Gasteiger partial charge in [0.15, 0.2) is 5.82 Å². The number of carbonyl (C=O) groups is 1. The van der Waals surface area contributed by atoms with E-state index in [9.17, 15) is 10.1 Å². The Labute approximate surface area is 203 Å². The van der Waals surface area contributed by atoms with E-state index in [-0.39, 0.29) is 17.8 Å². The number of likely N-dealkylation sites (N-methyl/N-ethyl adjacent to an activating group) is 1. The molecule has 2 aromatic rings. The first-order valence-corrected chi connectivity index (χ1v) is 12.3. The molecule has 174 valence electrons. The summed E-state index contributed by atoms with van der Waals surface area (Å²) in [7, 11) is 2.15. The van der Waals surface area contributed by atoms with Crippen molar-refractivity contribution in [2.45, 2.75) is 38.8 Å². The van der Waals surface area contributed by atoms with E-state index in [2.05, 4.69) is 55.1 Å². The normalized spacial score (nSPS) is 21.5. The predicted octanol–water partition coefficient (Wildman–Crippen LogP) is 3.20. The second-order valence-electron chi connectivity index (χ2n) is 9.04. The quantitative estimate of drug-likeness (QED) is 0.595. The van der Waals surface area contributed by atoms with Crippen molar-refractivity contribution in [3.8, 4) is 6.07 Å². The molecule has 0 spiro atoms. The van der Waals surface area contributed by atoms with Gasteiger partial charge in [0, 0.05) is 44.5 Å². The van der Waals surface area contributed by atoms with Crippen LogP contribution in [0.25, 0.3) is 0 Å². The summed E-state index contributed by atoms with van der Waals surface area (Å²) in [4.78, 5) is 26.4. The number of halogens is 1. The maximum atomic E-state index is 13.2. The third kappa shape index (κ3) is 5.69. The van der Waals surface area contributed by atoms with Crippen LogP contribution in [-0.4, -0.2) is 64.9 Å². The monoisotopic (exact) mass is 511 g/mol. The first-order chi connectivity index (χ1) is 15.9. The molecule has 2 heterocycles. The second-order valence-corrected chi connectivity index (χ2v) is 9.89. The lowest BCUT2D eigenvalue weighted by molar-refractivity contribution is 0.0941. The van der Waals surface area contributed by atoms with E-state index in [1.165, 1.54) is 5.56 Å². The number of benzene rings is 1. The van der Waals surface area contributed by atoms with Crippen LogP contribution in [0.3, 0.4) is 0 Å². The molecule has 4 rings (SSSR count). The Bertz CT molecular complexity index is 1010. The summed E-state index contributed by atoms with van der Waals surface area (Å²) in [6.07, 6.45) is 4.69. The van der Waals surface area contributed by atoms with Crippen LogP contribution in [0.15, 0.2) is 34.9 Å². The number of nitrogens with one attached hydrogen (secondary N) is 1. The Balaban J connectivity index is 1.49. The van der Waals surface area contributed by atoms with Crippen molar-refractivity contribution in [3.63, 3.8) is 0 Å². The van der Waals surface area contributed by atoms with Crippen LogP contribution < -0.4 is 10.4 Å². The SMILES string of the molecule is CC1CCC[C@H]1N(NC(=O)c1ccc(CN2CCN(C)CC2)cc1)c1nc(C#N)ncc1Br. The molecule has 1 amide bonds. The number of nitrogens with zero attached hydrogens (tertiary/aromatic N) is 6. The number of anilines is 1. The van der Waals surface area contributed by atoms with Crippen molar-refractivity contribution in [1.29, 1.82) is 5.26 Å². The molecule has 0 bridgehead atoms. The zero-order valence-electron chi connectivity index (χ0n) is 19.2. The molecule has 1 aliphatic carbocycles. The molecule has 1 saturated carbocycles. The molecule has 8 nitrogen and oxygen atoms in total. The van der Waals surface area contributed by atoms with E-state index in [0.717, 1.165) is 52.0 Å². The summed E-state index contributed by atoms with van der Waals surface area (Å²) < 4.78 is 0.642. The third-order valence-electron chi connectivity index (χ3n) is 6.64. The molecule has 2 fully saturated rings. The number of carbonyl (C=O) groups excluding carboxylic acids is 1. The van der Waals surface area contributed by atoms with Gasteiger partial charge in [-0.25, -0.2) is 4.98 Å². The largest absolute Gasteiger partial charge is 0.304 e. The first kappa shape index (κ1) is 23.6. The molecule has 1 aromatic carbocycles. The van der Waals surface area contributed by atoms with E-state index >= 15 is 0 Å². The lowest BCUT2D eigenvalue weighted by atomic mass is 10.1. The number of amides is 1. The van der Waals surface area contributed by atoms with Crippen LogP contribution >= 0.6 is 15.9 Å². The van der Waals surface area contributed by atoms with Crippen LogP contribution in [0.5, 0.6) is 0 Å². The fourth-order valence-corrected chi connectivity index (χ4v) is 4.97. The Hall–Kier alpha value is -2.54. The van der Waals surface area contributed by atoms with Crippen molar-refractivity contribution in [1.82, 2.24) is 25.2 Å². The Morgan fingerprint density at radius 1 is 1.24 bits per heavy atom. The number of rotatable bonds is 6. The molecule has 1 aliphatic heterocycles. The van der Waals surface area contributed by atoms with E-state index in [4.69, 9.17) is 0 Å². The highest BCUT2D eigenvalue weighted by Gasteiger charge is 2.33. The second kappa shape index (κ2) is 10.6. The van der Waals surface area contributed by atoms with Gasteiger partial charge in [0.25, 0.3) is 5.91 Å². The lowest BCUT2D eigenvalue weighted by Gasteiger charge is -2.33. The van der Waals surface area contributed by atoms with Crippen molar-refractivity contribution in [2.24, 2.45) is 5.92 Å². The van der Waals surface area contributed by atoms with Gasteiger partial charge in [-0.1, -0.05) is 25.5 Å². The molecular formula is C24H30BrN7O. The number of hydrogen-bond donors (Lipinski definition) is 1. The van der Waals surface area contributed by atoms with Crippen LogP contribution in [0.2, 0.25) is 0 Å². The molecule has 33 heavy (non-hydrogen) atoms. The fraction of sp³-hybridized carbons (Fsp3) is 0.500. The third-order valence-corrected chi connectivity index (χ3v) is 7.20. The number of hydrazine groups is 1. The predicted molar refractivity (Wildman–Crippen MR) is 130 cm³/mol. The molecule has 1 unspecified atom stereocenters. The molecule has 0 radical (unpaired) electrons. The van der Waals surface area contributed by atoms with E-state index in [1.807, 2.05) is 35.3 Å². The average Bonchev–Trinajstić information content (AvgIpc) is 3.25. The van der Waals surface area contributed by atoms with E-state index in [0.29, 0.717) is 21.8 Å². The Kier molecular flexibility index (Phi) is 7.58. The van der Waals surface area contributed by atoms with Gasteiger partial charge in [-0.05, 0) is 59.4 Å². The highest BCUT2D eigenvalue weighted by atomic mass is 79.9. The zero-order chi connectivity index (χ0) is 23.4. The van der Waals surface area contributed by atoms with Gasteiger partial charge in [0.1, 0.15) is 6.07 Å². The number of hydrogen-bond acceptors (Lipinski definition) is 7. The van der Waals surface area contributed by atoms with Crippen LogP contribution in [0.1, 0.15) is 47.9 Å².